The molecule has 1 fully saturated rings. The highest BCUT2D eigenvalue weighted by Gasteiger charge is 2.18. The van der Waals surface area contributed by atoms with E-state index in [0.717, 1.165) is 55.3 Å². The minimum atomic E-state index is 0.317. The first-order valence-corrected chi connectivity index (χ1v) is 7.90. The lowest BCUT2D eigenvalue weighted by Gasteiger charge is -2.28. The SMILES string of the molecule is CNCCc1cc2nc(Cl)nc(N3CCOCC3)c2s1. The minimum absolute atomic E-state index is 0.317. The lowest BCUT2D eigenvalue weighted by molar-refractivity contribution is 0.122. The molecular formula is C13H17ClN4OS. The fourth-order valence-corrected chi connectivity index (χ4v) is 3.58. The van der Waals surface area contributed by atoms with Crippen LogP contribution in [0.4, 0.5) is 5.82 Å². The van der Waals surface area contributed by atoms with Crippen LogP contribution in [0, 0.1) is 0 Å². The molecule has 1 saturated heterocycles. The average molecular weight is 313 g/mol. The van der Waals surface area contributed by atoms with Gasteiger partial charge in [0.2, 0.25) is 5.28 Å². The molecular weight excluding hydrogens is 296 g/mol. The van der Waals surface area contributed by atoms with E-state index in [0.29, 0.717) is 5.28 Å². The number of halogens is 1. The summed E-state index contributed by atoms with van der Waals surface area (Å²) in [5.74, 6) is 0.948. The van der Waals surface area contributed by atoms with Crippen molar-refractivity contribution < 1.29 is 4.74 Å². The summed E-state index contributed by atoms with van der Waals surface area (Å²) < 4.78 is 6.53. The lowest BCUT2D eigenvalue weighted by Crippen LogP contribution is -2.36. The number of hydrogen-bond donors (Lipinski definition) is 1. The van der Waals surface area contributed by atoms with E-state index in [2.05, 4.69) is 26.3 Å². The van der Waals surface area contributed by atoms with Gasteiger partial charge in [0, 0.05) is 18.0 Å². The molecule has 1 N–H and O–H groups in total. The molecule has 7 heteroatoms. The van der Waals surface area contributed by atoms with Gasteiger partial charge in [-0.15, -0.1) is 11.3 Å². The summed E-state index contributed by atoms with van der Waals surface area (Å²) in [6.07, 6.45) is 0.998. The van der Waals surface area contributed by atoms with Gasteiger partial charge in [0.05, 0.1) is 23.4 Å². The van der Waals surface area contributed by atoms with Gasteiger partial charge in [0.25, 0.3) is 0 Å². The second kappa shape index (κ2) is 6.22. The lowest BCUT2D eigenvalue weighted by atomic mass is 10.3. The second-order valence-electron chi connectivity index (χ2n) is 4.70. The van der Waals surface area contributed by atoms with Gasteiger partial charge in [0.15, 0.2) is 5.82 Å². The molecule has 0 bridgehead atoms. The van der Waals surface area contributed by atoms with Crippen LogP contribution in [-0.4, -0.2) is 49.9 Å². The summed E-state index contributed by atoms with van der Waals surface area (Å²) >= 11 is 7.83. The van der Waals surface area contributed by atoms with E-state index >= 15 is 0 Å². The zero-order chi connectivity index (χ0) is 13.9. The van der Waals surface area contributed by atoms with Crippen molar-refractivity contribution in [3.63, 3.8) is 0 Å². The van der Waals surface area contributed by atoms with Gasteiger partial charge in [-0.05, 0) is 37.7 Å². The Kier molecular flexibility index (Phi) is 4.35. The largest absolute Gasteiger partial charge is 0.378 e. The molecule has 0 saturated carbocycles. The summed E-state index contributed by atoms with van der Waals surface area (Å²) in [5.41, 5.74) is 0.947. The molecule has 0 unspecified atom stereocenters. The normalized spacial score (nSPS) is 16.0. The molecule has 0 aromatic carbocycles. The summed E-state index contributed by atoms with van der Waals surface area (Å²) in [6, 6.07) is 2.12. The van der Waals surface area contributed by atoms with Crippen LogP contribution in [0.5, 0.6) is 0 Å². The highest BCUT2D eigenvalue weighted by Crippen LogP contribution is 2.33. The molecule has 3 rings (SSSR count). The van der Waals surface area contributed by atoms with Gasteiger partial charge in [-0.2, -0.15) is 4.98 Å². The second-order valence-corrected chi connectivity index (χ2v) is 6.17. The fourth-order valence-electron chi connectivity index (χ4n) is 2.30. The molecule has 20 heavy (non-hydrogen) atoms. The maximum Gasteiger partial charge on any atom is 0.224 e. The van der Waals surface area contributed by atoms with Crippen molar-refractivity contribution in [2.45, 2.75) is 6.42 Å². The molecule has 0 aliphatic carbocycles. The summed E-state index contributed by atoms with van der Waals surface area (Å²) in [5, 5.41) is 3.48. The van der Waals surface area contributed by atoms with Gasteiger partial charge in [-0.3, -0.25) is 0 Å². The molecule has 108 valence electrons. The Labute approximate surface area is 126 Å². The Balaban J connectivity index is 1.98. The number of nitrogens with one attached hydrogen (secondary N) is 1. The van der Waals surface area contributed by atoms with Crippen LogP contribution in [0.15, 0.2) is 6.07 Å². The van der Waals surface area contributed by atoms with Gasteiger partial charge in [-0.1, -0.05) is 0 Å². The molecule has 0 radical (unpaired) electrons. The molecule has 1 aliphatic rings. The first-order chi connectivity index (χ1) is 9.78. The molecule has 0 atom stereocenters. The monoisotopic (exact) mass is 312 g/mol. The Morgan fingerprint density at radius 3 is 2.95 bits per heavy atom. The zero-order valence-electron chi connectivity index (χ0n) is 11.4. The third kappa shape index (κ3) is 2.88. The van der Waals surface area contributed by atoms with Crippen LogP contribution in [-0.2, 0) is 11.2 Å². The number of thiophene rings is 1. The number of fused-ring (bicyclic) bond motifs is 1. The molecule has 2 aromatic heterocycles. The van der Waals surface area contributed by atoms with Crippen LogP contribution in [0.1, 0.15) is 4.88 Å². The van der Waals surface area contributed by atoms with E-state index < -0.39 is 0 Å². The third-order valence-corrected chi connectivity index (χ3v) is 4.66. The van der Waals surface area contributed by atoms with Gasteiger partial charge in [0.1, 0.15) is 0 Å². The number of rotatable bonds is 4. The number of hydrogen-bond acceptors (Lipinski definition) is 6. The number of likely N-dealkylation sites (N-methyl/N-ethyl adjacent to an activating group) is 1. The smallest absolute Gasteiger partial charge is 0.224 e. The standard InChI is InChI=1S/C13H17ClN4OS/c1-15-3-2-9-8-10-11(20-9)12(17-13(14)16-10)18-4-6-19-7-5-18/h8,15H,2-7H2,1H3. The number of aromatic nitrogens is 2. The zero-order valence-corrected chi connectivity index (χ0v) is 12.9. The van der Waals surface area contributed by atoms with Crippen LogP contribution < -0.4 is 10.2 Å². The van der Waals surface area contributed by atoms with Gasteiger partial charge >= 0.3 is 0 Å². The maximum atomic E-state index is 6.07. The predicted octanol–water partition coefficient (Wildman–Crippen LogP) is 1.94. The average Bonchev–Trinajstić information content (AvgIpc) is 2.87. The van der Waals surface area contributed by atoms with Crippen molar-refractivity contribution in [3.8, 4) is 0 Å². The number of morpholine rings is 1. The Morgan fingerprint density at radius 2 is 2.20 bits per heavy atom. The predicted molar refractivity (Wildman–Crippen MR) is 83.1 cm³/mol. The highest BCUT2D eigenvalue weighted by molar-refractivity contribution is 7.19. The first-order valence-electron chi connectivity index (χ1n) is 6.71. The number of nitrogens with zero attached hydrogens (tertiary/aromatic N) is 3. The first kappa shape index (κ1) is 14.0. The van der Waals surface area contributed by atoms with Gasteiger partial charge in [-0.25, -0.2) is 4.98 Å². The van der Waals surface area contributed by atoms with Gasteiger partial charge < -0.3 is 15.0 Å². The quantitative estimate of drug-likeness (QED) is 0.874. The molecule has 3 heterocycles. The maximum absolute atomic E-state index is 6.07. The van der Waals surface area contributed by atoms with Crippen LogP contribution in [0.2, 0.25) is 5.28 Å². The van der Waals surface area contributed by atoms with Crippen molar-refractivity contribution in [2.75, 3.05) is 44.8 Å². The number of anilines is 1. The molecule has 0 spiro atoms. The van der Waals surface area contributed by atoms with E-state index in [1.54, 1.807) is 11.3 Å². The van der Waals surface area contributed by atoms with E-state index in [1.165, 1.54) is 4.88 Å². The number of ether oxygens (including phenoxy) is 1. The summed E-state index contributed by atoms with van der Waals surface area (Å²) in [6.45, 7) is 4.14. The van der Waals surface area contributed by atoms with E-state index in [9.17, 15) is 0 Å². The third-order valence-electron chi connectivity index (χ3n) is 3.31. The fraction of sp³-hybridized carbons (Fsp3) is 0.538. The van der Waals surface area contributed by atoms with Crippen molar-refractivity contribution in [2.24, 2.45) is 0 Å². The molecule has 1 aliphatic heterocycles. The van der Waals surface area contributed by atoms with E-state index in [-0.39, 0.29) is 0 Å². The topological polar surface area (TPSA) is 50.3 Å². The van der Waals surface area contributed by atoms with Crippen molar-refractivity contribution in [3.05, 3.63) is 16.2 Å². The van der Waals surface area contributed by atoms with E-state index in [1.807, 2.05) is 7.05 Å². The van der Waals surface area contributed by atoms with Crippen molar-refractivity contribution in [1.29, 1.82) is 0 Å². The Morgan fingerprint density at radius 1 is 1.40 bits per heavy atom. The van der Waals surface area contributed by atoms with E-state index in [4.69, 9.17) is 16.3 Å². The molecule has 5 nitrogen and oxygen atoms in total. The van der Waals surface area contributed by atoms with Crippen LogP contribution in [0.3, 0.4) is 0 Å². The van der Waals surface area contributed by atoms with Crippen molar-refractivity contribution in [1.82, 2.24) is 15.3 Å². The van der Waals surface area contributed by atoms with Crippen LogP contribution >= 0.6 is 22.9 Å². The highest BCUT2D eigenvalue weighted by atomic mass is 35.5. The summed E-state index contributed by atoms with van der Waals surface area (Å²) in [7, 11) is 1.96. The summed E-state index contributed by atoms with van der Waals surface area (Å²) in [4.78, 5) is 12.3. The Hall–Kier alpha value is -0.950. The molecule has 2 aromatic rings. The van der Waals surface area contributed by atoms with Crippen LogP contribution in [0.25, 0.3) is 10.2 Å². The minimum Gasteiger partial charge on any atom is -0.378 e. The molecule has 0 amide bonds. The van der Waals surface area contributed by atoms with Crippen molar-refractivity contribution >= 4 is 39.0 Å². The Bertz CT molecular complexity index is 597.